The van der Waals surface area contributed by atoms with Gasteiger partial charge in [-0.25, -0.2) is 12.4 Å². The van der Waals surface area contributed by atoms with Crippen molar-refractivity contribution in [2.75, 3.05) is 34.3 Å². The van der Waals surface area contributed by atoms with Crippen LogP contribution in [0.5, 0.6) is 5.75 Å². The molecular weight excluding hydrogens is 486 g/mol. The Morgan fingerprint density at radius 2 is 1.59 bits per heavy atom. The molecule has 0 N–H and O–H groups in total. The molecule has 7 nitrogen and oxygen atoms in total. The normalized spacial score (nSPS) is 15.4. The van der Waals surface area contributed by atoms with Crippen LogP contribution in [0.1, 0.15) is 24.1 Å². The van der Waals surface area contributed by atoms with Crippen LogP contribution >= 0.6 is 0 Å². The van der Waals surface area contributed by atoms with Crippen molar-refractivity contribution in [1.82, 2.24) is 13.8 Å². The SMILES string of the molecule is COc1ccc(S(=O)(=O)n2c(C)c(CC(=O)N(C)C3CCN(C)CC3)c3ccccc32)c2ccccc12. The molecule has 4 aromatic rings. The molecular formula is C29H33N3O4S. The quantitative estimate of drug-likeness (QED) is 0.377. The Labute approximate surface area is 218 Å². The number of likely N-dealkylation sites (N-methyl/N-ethyl adjacent to an activating group) is 1. The summed E-state index contributed by atoms with van der Waals surface area (Å²) < 4.78 is 35.3. The number of piperidine rings is 1. The van der Waals surface area contributed by atoms with Crippen LogP contribution in [0, 0.1) is 6.92 Å². The van der Waals surface area contributed by atoms with Gasteiger partial charge in [0.15, 0.2) is 0 Å². The van der Waals surface area contributed by atoms with Crippen LogP contribution in [0.25, 0.3) is 21.7 Å². The largest absolute Gasteiger partial charge is 0.496 e. The smallest absolute Gasteiger partial charge is 0.269 e. The van der Waals surface area contributed by atoms with Gasteiger partial charge in [-0.05, 0) is 63.7 Å². The molecule has 1 fully saturated rings. The van der Waals surface area contributed by atoms with Crippen LogP contribution in [0.3, 0.4) is 0 Å². The number of benzene rings is 3. The third kappa shape index (κ3) is 4.38. The number of para-hydroxylation sites is 1. The van der Waals surface area contributed by atoms with E-state index in [-0.39, 0.29) is 23.3 Å². The Morgan fingerprint density at radius 3 is 2.27 bits per heavy atom. The third-order valence-electron chi connectivity index (χ3n) is 7.73. The number of carbonyl (C=O) groups is 1. The van der Waals surface area contributed by atoms with Crippen LogP contribution < -0.4 is 4.74 Å². The van der Waals surface area contributed by atoms with Gasteiger partial charge >= 0.3 is 0 Å². The van der Waals surface area contributed by atoms with E-state index < -0.39 is 10.0 Å². The first kappa shape index (κ1) is 25.3. The molecule has 0 radical (unpaired) electrons. The molecule has 0 saturated carbocycles. The minimum Gasteiger partial charge on any atom is -0.496 e. The average Bonchev–Trinajstić information content (AvgIpc) is 3.19. The molecule has 1 aliphatic rings. The molecule has 1 aliphatic heterocycles. The summed E-state index contributed by atoms with van der Waals surface area (Å²) in [5.41, 5.74) is 1.89. The van der Waals surface area contributed by atoms with Gasteiger partial charge in [0.1, 0.15) is 5.75 Å². The van der Waals surface area contributed by atoms with E-state index in [2.05, 4.69) is 11.9 Å². The predicted octanol–water partition coefficient (Wildman–Crippen LogP) is 4.44. The number of ether oxygens (including phenoxy) is 1. The minimum absolute atomic E-state index is 0.00727. The highest BCUT2D eigenvalue weighted by Crippen LogP contribution is 2.35. The van der Waals surface area contributed by atoms with Crippen LogP contribution in [-0.2, 0) is 21.2 Å². The lowest BCUT2D eigenvalue weighted by molar-refractivity contribution is -0.132. The van der Waals surface area contributed by atoms with Crippen molar-refractivity contribution in [2.45, 2.75) is 37.1 Å². The molecule has 3 aromatic carbocycles. The Bertz CT molecular complexity index is 1580. The third-order valence-corrected chi connectivity index (χ3v) is 9.59. The molecule has 1 saturated heterocycles. The maximum Gasteiger partial charge on any atom is 0.269 e. The zero-order valence-corrected chi connectivity index (χ0v) is 22.6. The molecule has 37 heavy (non-hydrogen) atoms. The summed E-state index contributed by atoms with van der Waals surface area (Å²) in [6, 6.07) is 18.3. The lowest BCUT2D eigenvalue weighted by atomic mass is 10.0. The van der Waals surface area contributed by atoms with Gasteiger partial charge in [-0.1, -0.05) is 42.5 Å². The van der Waals surface area contributed by atoms with E-state index in [1.165, 1.54) is 3.97 Å². The van der Waals surface area contributed by atoms with Crippen molar-refractivity contribution in [3.8, 4) is 5.75 Å². The molecule has 0 bridgehead atoms. The van der Waals surface area contributed by atoms with E-state index in [1.54, 1.807) is 38.3 Å². The predicted molar refractivity (Wildman–Crippen MR) is 147 cm³/mol. The lowest BCUT2D eigenvalue weighted by Gasteiger charge is -2.35. The number of likely N-dealkylation sites (tertiary alicyclic amines) is 1. The monoisotopic (exact) mass is 519 g/mol. The Kier molecular flexibility index (Phi) is 6.72. The van der Waals surface area contributed by atoms with Crippen molar-refractivity contribution >= 4 is 37.6 Å². The number of hydrogen-bond donors (Lipinski definition) is 0. The van der Waals surface area contributed by atoms with Crippen LogP contribution in [0.2, 0.25) is 0 Å². The molecule has 0 spiro atoms. The average molecular weight is 520 g/mol. The van der Waals surface area contributed by atoms with E-state index in [9.17, 15) is 13.2 Å². The summed E-state index contributed by atoms with van der Waals surface area (Å²) in [4.78, 5) is 17.7. The second-order valence-electron chi connectivity index (χ2n) is 9.88. The fourth-order valence-electron chi connectivity index (χ4n) is 5.54. The van der Waals surface area contributed by atoms with Gasteiger partial charge in [0.25, 0.3) is 10.0 Å². The summed E-state index contributed by atoms with van der Waals surface area (Å²) in [5, 5.41) is 2.11. The molecule has 1 amide bonds. The van der Waals surface area contributed by atoms with Crippen molar-refractivity contribution in [2.24, 2.45) is 0 Å². The number of amides is 1. The maximum absolute atomic E-state index is 14.2. The van der Waals surface area contributed by atoms with E-state index in [0.29, 0.717) is 22.3 Å². The number of aromatic nitrogens is 1. The molecule has 1 aromatic heterocycles. The Morgan fingerprint density at radius 1 is 0.973 bits per heavy atom. The molecule has 0 aliphatic carbocycles. The van der Waals surface area contributed by atoms with E-state index in [1.807, 2.05) is 48.3 Å². The van der Waals surface area contributed by atoms with Crippen LogP contribution in [0.15, 0.2) is 65.6 Å². The number of hydrogen-bond acceptors (Lipinski definition) is 5. The van der Waals surface area contributed by atoms with Crippen molar-refractivity contribution in [1.29, 1.82) is 0 Å². The van der Waals surface area contributed by atoms with E-state index >= 15 is 0 Å². The number of rotatable bonds is 6. The highest BCUT2D eigenvalue weighted by atomic mass is 32.2. The van der Waals surface area contributed by atoms with Crippen molar-refractivity contribution < 1.29 is 17.9 Å². The van der Waals surface area contributed by atoms with Gasteiger partial charge in [-0.3, -0.25) is 4.79 Å². The summed E-state index contributed by atoms with van der Waals surface area (Å²) in [6.45, 7) is 3.73. The van der Waals surface area contributed by atoms with Crippen LogP contribution in [0.4, 0.5) is 0 Å². The highest BCUT2D eigenvalue weighted by molar-refractivity contribution is 7.90. The summed E-state index contributed by atoms with van der Waals surface area (Å²) >= 11 is 0. The number of fused-ring (bicyclic) bond motifs is 2. The van der Waals surface area contributed by atoms with E-state index in [0.717, 1.165) is 42.3 Å². The van der Waals surface area contributed by atoms with Gasteiger partial charge < -0.3 is 14.5 Å². The van der Waals surface area contributed by atoms with Gasteiger partial charge in [-0.15, -0.1) is 0 Å². The van der Waals surface area contributed by atoms with Gasteiger partial charge in [0.05, 0.1) is 23.9 Å². The summed E-state index contributed by atoms with van der Waals surface area (Å²) in [7, 11) is 1.56. The van der Waals surface area contributed by atoms with Gasteiger partial charge in [0.2, 0.25) is 5.91 Å². The highest BCUT2D eigenvalue weighted by Gasteiger charge is 2.29. The summed E-state index contributed by atoms with van der Waals surface area (Å²) in [5.74, 6) is 0.625. The molecule has 194 valence electrons. The first-order valence-electron chi connectivity index (χ1n) is 12.6. The molecule has 0 unspecified atom stereocenters. The topological polar surface area (TPSA) is 71.8 Å². The number of methoxy groups -OCH3 is 1. The summed E-state index contributed by atoms with van der Waals surface area (Å²) in [6.07, 6.45) is 2.04. The van der Waals surface area contributed by atoms with Gasteiger partial charge in [-0.2, -0.15) is 0 Å². The fraction of sp³-hybridized carbons (Fsp3) is 0.345. The minimum atomic E-state index is -3.98. The Hall–Kier alpha value is -3.36. The Balaban J connectivity index is 1.59. The zero-order valence-electron chi connectivity index (χ0n) is 21.8. The lowest BCUT2D eigenvalue weighted by Crippen LogP contribution is -2.45. The maximum atomic E-state index is 14.2. The van der Waals surface area contributed by atoms with E-state index in [4.69, 9.17) is 4.74 Å². The standard InChI is InChI=1S/C29H33N3O4S/c1-20-25(19-29(33)31(3)21-15-17-30(2)18-16-21)22-9-7-8-12-26(22)32(20)37(34,35)28-14-13-27(36-4)23-10-5-6-11-24(23)28/h5-14,21H,15-19H2,1-4H3. The second kappa shape index (κ2) is 9.84. The zero-order chi connectivity index (χ0) is 26.3. The van der Waals surface area contributed by atoms with Gasteiger partial charge in [0, 0.05) is 34.9 Å². The van der Waals surface area contributed by atoms with Crippen molar-refractivity contribution in [3.05, 3.63) is 71.9 Å². The number of nitrogens with zero attached hydrogens (tertiary/aromatic N) is 3. The molecule has 5 rings (SSSR count). The first-order chi connectivity index (χ1) is 17.7. The molecule has 2 heterocycles. The molecule has 0 atom stereocenters. The second-order valence-corrected chi connectivity index (χ2v) is 11.6. The van der Waals surface area contributed by atoms with Crippen LogP contribution in [-0.4, -0.2) is 68.4 Å². The fourth-order valence-corrected chi connectivity index (χ4v) is 7.33. The first-order valence-corrected chi connectivity index (χ1v) is 14.0. The molecule has 8 heteroatoms. The van der Waals surface area contributed by atoms with Crippen molar-refractivity contribution in [3.63, 3.8) is 0 Å². The number of carbonyl (C=O) groups excluding carboxylic acids is 1.